The van der Waals surface area contributed by atoms with Gasteiger partial charge >= 0.3 is 0 Å². The second-order valence-corrected chi connectivity index (χ2v) is 5.89. The standard InChI is InChI=1S/C21H21FN2O/c1-15(17-7-4-3-5-8-17)24-14-16-10-11-20(25-2)19(13-16)18-9-6-12-23-21(18)22/h3-13,15,24H,14H2,1-2H3/t15-/m1/s1. The van der Waals surface area contributed by atoms with Crippen LogP contribution in [0.15, 0.2) is 66.9 Å². The maximum absolute atomic E-state index is 14.1. The zero-order chi connectivity index (χ0) is 17.6. The summed E-state index contributed by atoms with van der Waals surface area (Å²) >= 11 is 0. The first-order valence-corrected chi connectivity index (χ1v) is 8.25. The van der Waals surface area contributed by atoms with Crippen molar-refractivity contribution in [1.82, 2.24) is 10.3 Å². The molecule has 0 spiro atoms. The fourth-order valence-corrected chi connectivity index (χ4v) is 2.79. The van der Waals surface area contributed by atoms with Crippen molar-refractivity contribution in [1.29, 1.82) is 0 Å². The number of nitrogens with zero attached hydrogens (tertiary/aromatic N) is 1. The van der Waals surface area contributed by atoms with Crippen LogP contribution in [0.4, 0.5) is 4.39 Å². The molecule has 0 radical (unpaired) electrons. The third kappa shape index (κ3) is 4.03. The van der Waals surface area contributed by atoms with Crippen LogP contribution in [0.3, 0.4) is 0 Å². The summed E-state index contributed by atoms with van der Waals surface area (Å²) in [6.45, 7) is 2.80. The Morgan fingerprint density at radius 3 is 2.56 bits per heavy atom. The smallest absolute Gasteiger partial charge is 0.220 e. The van der Waals surface area contributed by atoms with Gasteiger partial charge in [-0.15, -0.1) is 0 Å². The summed E-state index contributed by atoms with van der Waals surface area (Å²) in [5, 5.41) is 3.50. The lowest BCUT2D eigenvalue weighted by atomic mass is 10.0. The lowest BCUT2D eigenvalue weighted by Gasteiger charge is -2.16. The van der Waals surface area contributed by atoms with Gasteiger partial charge in [-0.25, -0.2) is 4.98 Å². The molecule has 3 rings (SSSR count). The molecule has 4 heteroatoms. The van der Waals surface area contributed by atoms with Crippen LogP contribution in [0.2, 0.25) is 0 Å². The summed E-state index contributed by atoms with van der Waals surface area (Å²) in [6.07, 6.45) is 1.44. The Labute approximate surface area is 147 Å². The van der Waals surface area contributed by atoms with E-state index in [-0.39, 0.29) is 6.04 Å². The van der Waals surface area contributed by atoms with E-state index in [9.17, 15) is 4.39 Å². The van der Waals surface area contributed by atoms with Gasteiger partial charge < -0.3 is 10.1 Å². The van der Waals surface area contributed by atoms with Crippen LogP contribution >= 0.6 is 0 Å². The number of aromatic nitrogens is 1. The van der Waals surface area contributed by atoms with Gasteiger partial charge in [0, 0.05) is 29.9 Å². The van der Waals surface area contributed by atoms with Crippen molar-refractivity contribution in [3.05, 3.63) is 83.9 Å². The number of nitrogens with one attached hydrogen (secondary N) is 1. The number of methoxy groups -OCH3 is 1. The summed E-state index contributed by atoms with van der Waals surface area (Å²) in [5.41, 5.74) is 3.44. The lowest BCUT2D eigenvalue weighted by molar-refractivity contribution is 0.415. The Morgan fingerprint density at radius 2 is 1.84 bits per heavy atom. The Balaban J connectivity index is 1.81. The number of rotatable bonds is 6. The summed E-state index contributed by atoms with van der Waals surface area (Å²) in [7, 11) is 1.59. The molecular formula is C21H21FN2O. The monoisotopic (exact) mass is 336 g/mol. The fourth-order valence-electron chi connectivity index (χ4n) is 2.79. The second-order valence-electron chi connectivity index (χ2n) is 5.89. The molecule has 25 heavy (non-hydrogen) atoms. The number of benzene rings is 2. The minimum absolute atomic E-state index is 0.224. The SMILES string of the molecule is COc1ccc(CN[C@H](C)c2ccccc2)cc1-c1cccnc1F. The van der Waals surface area contributed by atoms with E-state index in [0.717, 1.165) is 5.56 Å². The van der Waals surface area contributed by atoms with Gasteiger partial charge in [0.15, 0.2) is 0 Å². The third-order valence-electron chi connectivity index (χ3n) is 4.23. The molecule has 128 valence electrons. The van der Waals surface area contributed by atoms with Crippen molar-refractivity contribution in [3.8, 4) is 16.9 Å². The van der Waals surface area contributed by atoms with Gasteiger partial charge in [-0.1, -0.05) is 36.4 Å². The van der Waals surface area contributed by atoms with E-state index < -0.39 is 5.95 Å². The number of pyridine rings is 1. The molecule has 0 aliphatic rings. The van der Waals surface area contributed by atoms with E-state index in [0.29, 0.717) is 23.4 Å². The van der Waals surface area contributed by atoms with Crippen molar-refractivity contribution in [2.75, 3.05) is 7.11 Å². The highest BCUT2D eigenvalue weighted by molar-refractivity contribution is 5.71. The van der Waals surface area contributed by atoms with Crippen molar-refractivity contribution in [3.63, 3.8) is 0 Å². The van der Waals surface area contributed by atoms with Gasteiger partial charge in [-0.2, -0.15) is 4.39 Å². The van der Waals surface area contributed by atoms with Crippen LogP contribution in [0, 0.1) is 5.95 Å². The Morgan fingerprint density at radius 1 is 1.04 bits per heavy atom. The highest BCUT2D eigenvalue weighted by Gasteiger charge is 2.12. The van der Waals surface area contributed by atoms with Gasteiger partial charge in [-0.3, -0.25) is 0 Å². The first kappa shape index (κ1) is 17.1. The zero-order valence-corrected chi connectivity index (χ0v) is 14.4. The Hall–Kier alpha value is -2.72. The molecule has 0 fully saturated rings. The minimum Gasteiger partial charge on any atom is -0.496 e. The van der Waals surface area contributed by atoms with Gasteiger partial charge in [0.2, 0.25) is 5.95 Å². The largest absolute Gasteiger partial charge is 0.496 e. The summed E-state index contributed by atoms with van der Waals surface area (Å²) < 4.78 is 19.5. The molecule has 0 amide bonds. The first-order chi connectivity index (χ1) is 12.2. The number of hydrogen-bond acceptors (Lipinski definition) is 3. The van der Waals surface area contributed by atoms with Crippen LogP contribution in [0.25, 0.3) is 11.1 Å². The van der Waals surface area contributed by atoms with Crippen molar-refractivity contribution in [2.24, 2.45) is 0 Å². The zero-order valence-electron chi connectivity index (χ0n) is 14.4. The minimum atomic E-state index is -0.497. The average Bonchev–Trinajstić information content (AvgIpc) is 2.67. The number of ether oxygens (including phenoxy) is 1. The molecule has 0 saturated heterocycles. The summed E-state index contributed by atoms with van der Waals surface area (Å²) in [5.74, 6) is 0.135. The molecule has 1 aromatic heterocycles. The van der Waals surface area contributed by atoms with Crippen molar-refractivity contribution < 1.29 is 9.13 Å². The molecule has 0 aliphatic heterocycles. The molecule has 1 atom stereocenters. The Kier molecular flexibility index (Phi) is 5.41. The average molecular weight is 336 g/mol. The molecule has 1 heterocycles. The van der Waals surface area contributed by atoms with Gasteiger partial charge in [0.25, 0.3) is 0 Å². The number of hydrogen-bond donors (Lipinski definition) is 1. The maximum Gasteiger partial charge on any atom is 0.220 e. The predicted molar refractivity (Wildman–Crippen MR) is 97.9 cm³/mol. The van der Waals surface area contributed by atoms with E-state index in [1.165, 1.54) is 11.8 Å². The maximum atomic E-state index is 14.1. The topological polar surface area (TPSA) is 34.1 Å². The molecule has 0 aliphatic carbocycles. The van der Waals surface area contributed by atoms with Crippen LogP contribution in [0.1, 0.15) is 24.1 Å². The first-order valence-electron chi connectivity index (χ1n) is 8.25. The fraction of sp³-hybridized carbons (Fsp3) is 0.190. The van der Waals surface area contributed by atoms with Crippen LogP contribution in [-0.4, -0.2) is 12.1 Å². The molecule has 1 N–H and O–H groups in total. The molecule has 0 unspecified atom stereocenters. The van der Waals surface area contributed by atoms with Crippen LogP contribution in [-0.2, 0) is 6.54 Å². The molecule has 3 nitrogen and oxygen atoms in total. The van der Waals surface area contributed by atoms with Crippen LogP contribution < -0.4 is 10.1 Å². The van der Waals surface area contributed by atoms with Crippen LogP contribution in [0.5, 0.6) is 5.75 Å². The van der Waals surface area contributed by atoms with E-state index >= 15 is 0 Å². The molecular weight excluding hydrogens is 315 g/mol. The quantitative estimate of drug-likeness (QED) is 0.660. The molecule has 3 aromatic rings. The summed E-state index contributed by atoms with van der Waals surface area (Å²) in [4.78, 5) is 3.74. The van der Waals surface area contributed by atoms with E-state index in [1.54, 1.807) is 19.2 Å². The third-order valence-corrected chi connectivity index (χ3v) is 4.23. The highest BCUT2D eigenvalue weighted by atomic mass is 19.1. The summed E-state index contributed by atoms with van der Waals surface area (Å²) in [6, 6.07) is 19.7. The normalized spacial score (nSPS) is 12.0. The molecule has 0 bridgehead atoms. The van der Waals surface area contributed by atoms with E-state index in [4.69, 9.17) is 4.74 Å². The Bertz CT molecular complexity index is 836. The lowest BCUT2D eigenvalue weighted by Crippen LogP contribution is -2.18. The van der Waals surface area contributed by atoms with Gasteiger partial charge in [0.1, 0.15) is 5.75 Å². The van der Waals surface area contributed by atoms with Crippen molar-refractivity contribution >= 4 is 0 Å². The number of halogens is 1. The molecule has 2 aromatic carbocycles. The second kappa shape index (κ2) is 7.90. The van der Waals surface area contributed by atoms with Crippen molar-refractivity contribution in [2.45, 2.75) is 19.5 Å². The van der Waals surface area contributed by atoms with Gasteiger partial charge in [-0.05, 0) is 42.3 Å². The van der Waals surface area contributed by atoms with E-state index in [2.05, 4.69) is 29.4 Å². The predicted octanol–water partition coefficient (Wildman–Crippen LogP) is 4.75. The van der Waals surface area contributed by atoms with Gasteiger partial charge in [0.05, 0.1) is 7.11 Å². The molecule has 0 saturated carbocycles. The highest BCUT2D eigenvalue weighted by Crippen LogP contribution is 2.32. The van der Waals surface area contributed by atoms with E-state index in [1.807, 2.05) is 36.4 Å².